The number of hydrogen-bond donors (Lipinski definition) is 0. The van der Waals surface area contributed by atoms with Gasteiger partial charge in [0.1, 0.15) is 22.3 Å². The molecule has 0 saturated heterocycles. The number of aromatic nitrogens is 4. The van der Waals surface area contributed by atoms with E-state index in [0.29, 0.717) is 17.5 Å². The van der Waals surface area contributed by atoms with Crippen molar-refractivity contribution in [2.75, 3.05) is 0 Å². The zero-order valence-electron chi connectivity index (χ0n) is 41.2. The topological polar surface area (TPSA) is 69.9 Å². The monoisotopic (exact) mass is 1060 g/mol. The Morgan fingerprint density at radius 1 is 0.299 bits per heavy atom. The fraction of sp³-hybridized carbons (Fsp3) is 0. The van der Waals surface area contributed by atoms with Crippen LogP contribution in [-0.4, -0.2) is 19.5 Å². The maximum absolute atomic E-state index is 6.19. The number of hydrogen-bond acceptors (Lipinski definition) is 5. The van der Waals surface area contributed by atoms with Crippen LogP contribution in [0.1, 0.15) is 0 Å². The summed E-state index contributed by atoms with van der Waals surface area (Å²) in [5.74, 6) is 1.93. The van der Waals surface area contributed by atoms with Gasteiger partial charge in [-0.25, -0.2) is 15.0 Å². The first kappa shape index (κ1) is 47.0. The van der Waals surface area contributed by atoms with E-state index in [1.807, 2.05) is 103 Å². The van der Waals surface area contributed by atoms with Crippen molar-refractivity contribution in [1.82, 2.24) is 19.5 Å². The molecule has 0 atom stereocenters. The minimum atomic E-state index is 0. The van der Waals surface area contributed by atoms with Gasteiger partial charge in [-0.3, -0.25) is 4.70 Å². The van der Waals surface area contributed by atoms with Crippen LogP contribution in [0.2, 0.25) is 0 Å². The summed E-state index contributed by atoms with van der Waals surface area (Å²) in [7, 11) is 0. The summed E-state index contributed by atoms with van der Waals surface area (Å²) in [4.78, 5) is 14.8. The van der Waals surface area contributed by atoms with Crippen LogP contribution in [-0.2, 0) is 0 Å². The number of halogens is 2. The molecule has 6 nitrogen and oxygen atoms in total. The third kappa shape index (κ3) is 8.60. The molecule has 0 aliphatic carbocycles. The number of nitrogens with zero attached hydrogens (tertiary/aromatic N) is 4. The highest BCUT2D eigenvalue weighted by atomic mass is 79.9. The van der Waals surface area contributed by atoms with Gasteiger partial charge in [-0.15, -0.1) is 0 Å². The van der Waals surface area contributed by atoms with Crippen molar-refractivity contribution >= 4 is 81.6 Å². The fourth-order valence-corrected chi connectivity index (χ4v) is 10.9. The lowest BCUT2D eigenvalue weighted by Gasteiger charge is -2.11. The lowest BCUT2D eigenvalue weighted by Crippen LogP contribution is -2.00. The Bertz CT molecular complexity index is 4590. The van der Waals surface area contributed by atoms with Crippen LogP contribution in [0.5, 0.6) is 0 Å². The molecule has 4 aromatic heterocycles. The van der Waals surface area contributed by atoms with E-state index in [4.69, 9.17) is 23.8 Å². The lowest BCUT2D eigenvalue weighted by molar-refractivity contribution is 0.668. The molecule has 4 heterocycles. The third-order valence-electron chi connectivity index (χ3n) is 14.2. The minimum Gasteiger partial charge on any atom is -0.456 e. The summed E-state index contributed by atoms with van der Waals surface area (Å²) >= 11 is 3.48. The quantitative estimate of drug-likeness (QED) is 0.159. The zero-order valence-corrected chi connectivity index (χ0v) is 42.8. The predicted molar refractivity (Wildman–Crippen MR) is 318 cm³/mol. The third-order valence-corrected chi connectivity index (χ3v) is 14.8. The molecule has 0 bridgehead atoms. The van der Waals surface area contributed by atoms with Gasteiger partial charge in [0.25, 0.3) is 0 Å². The maximum atomic E-state index is 6.19. The van der Waals surface area contributed by atoms with E-state index in [2.05, 4.69) is 178 Å². The van der Waals surface area contributed by atoms with Crippen LogP contribution in [0.15, 0.2) is 274 Å². The molecule has 0 radical (unpaired) electrons. The highest BCUT2D eigenvalue weighted by Crippen LogP contribution is 2.40. The molecule has 11 aromatic carbocycles. The Hall–Kier alpha value is -9.76. The van der Waals surface area contributed by atoms with E-state index in [1.165, 1.54) is 32.7 Å². The Morgan fingerprint density at radius 2 is 0.714 bits per heavy atom. The molecule has 366 valence electrons. The molecule has 0 fully saturated rings. The van der Waals surface area contributed by atoms with Crippen molar-refractivity contribution in [3.63, 3.8) is 0 Å². The van der Waals surface area contributed by atoms with Crippen molar-refractivity contribution < 1.29 is 13.5 Å². The Labute approximate surface area is 450 Å². The van der Waals surface area contributed by atoms with E-state index in [9.17, 15) is 0 Å². The van der Waals surface area contributed by atoms with Gasteiger partial charge in [-0.2, -0.15) is 0 Å². The van der Waals surface area contributed by atoms with Crippen molar-refractivity contribution in [3.05, 3.63) is 265 Å². The van der Waals surface area contributed by atoms with E-state index < -0.39 is 0 Å². The molecule has 0 unspecified atom stereocenters. The first-order chi connectivity index (χ1) is 37.6. The van der Waals surface area contributed by atoms with Crippen LogP contribution in [0.3, 0.4) is 0 Å². The standard InChI is InChI=1S/C51H32N4O.C18H11BrO.FH/c1-3-13-34(14-4-1)49-52-50(35-15-5-2-6-16-35)54-51(53-49)38-18-11-17-36(31-38)37-27-30-45-43(32-37)41-19-7-9-22-44(41)55(45)39-28-25-33(26-29-39)40-21-12-24-47-48(40)42-20-8-10-23-46(42)56-47;19-13-10-8-12(9-11-13)14-5-3-7-17-18(14)15-4-1-2-6-16(15)20-17;/h1-32H;1-11H;1H. The number of furan rings is 2. The van der Waals surface area contributed by atoms with Gasteiger partial charge in [-0.05, 0) is 106 Å². The molecule has 0 amide bonds. The second kappa shape index (κ2) is 19.8. The number of para-hydroxylation sites is 3. The molecule has 0 N–H and O–H groups in total. The molecular weight excluding hydrogens is 1020 g/mol. The van der Waals surface area contributed by atoms with Crippen LogP contribution >= 0.6 is 15.9 Å². The van der Waals surface area contributed by atoms with E-state index in [-0.39, 0.29) is 4.70 Å². The van der Waals surface area contributed by atoms with Gasteiger partial charge in [0.05, 0.1) is 11.0 Å². The summed E-state index contributed by atoms with van der Waals surface area (Å²) in [6.45, 7) is 0. The second-order valence-electron chi connectivity index (χ2n) is 18.8. The molecule has 8 heteroatoms. The van der Waals surface area contributed by atoms with E-state index in [0.717, 1.165) is 93.2 Å². The Morgan fingerprint density at radius 3 is 1.30 bits per heavy atom. The first-order valence-corrected chi connectivity index (χ1v) is 26.1. The van der Waals surface area contributed by atoms with Gasteiger partial charge >= 0.3 is 0 Å². The van der Waals surface area contributed by atoms with Crippen LogP contribution < -0.4 is 0 Å². The van der Waals surface area contributed by atoms with Crippen molar-refractivity contribution in [1.29, 1.82) is 0 Å². The average molecular weight is 1060 g/mol. The van der Waals surface area contributed by atoms with Gasteiger partial charge in [0.15, 0.2) is 17.5 Å². The summed E-state index contributed by atoms with van der Waals surface area (Å²) in [6, 6.07) is 90.3. The smallest absolute Gasteiger partial charge is 0.164 e. The maximum Gasteiger partial charge on any atom is 0.164 e. The molecule has 0 spiro atoms. The van der Waals surface area contributed by atoms with Crippen molar-refractivity contribution in [3.8, 4) is 73.2 Å². The van der Waals surface area contributed by atoms with Gasteiger partial charge in [0.2, 0.25) is 0 Å². The summed E-state index contributed by atoms with van der Waals surface area (Å²) in [5, 5.41) is 7.03. The van der Waals surface area contributed by atoms with Crippen molar-refractivity contribution in [2.45, 2.75) is 0 Å². The zero-order chi connectivity index (χ0) is 50.5. The highest BCUT2D eigenvalue weighted by molar-refractivity contribution is 9.10. The Balaban J connectivity index is 0.000000225. The number of fused-ring (bicyclic) bond motifs is 9. The molecule has 0 aliphatic rings. The van der Waals surface area contributed by atoms with Crippen LogP contribution in [0.4, 0.5) is 4.70 Å². The molecule has 77 heavy (non-hydrogen) atoms. The average Bonchev–Trinajstić information content (AvgIpc) is 4.25. The number of rotatable bonds is 7. The normalized spacial score (nSPS) is 11.3. The van der Waals surface area contributed by atoms with Gasteiger partial charge in [-0.1, -0.05) is 204 Å². The summed E-state index contributed by atoms with van der Waals surface area (Å²) < 4.78 is 15.6. The molecular formula is C69H44BrFN4O2. The van der Waals surface area contributed by atoms with Crippen LogP contribution in [0.25, 0.3) is 139 Å². The van der Waals surface area contributed by atoms with Crippen LogP contribution in [0, 0.1) is 0 Å². The Kier molecular flexibility index (Phi) is 12.1. The van der Waals surface area contributed by atoms with Crippen molar-refractivity contribution in [2.24, 2.45) is 0 Å². The fourth-order valence-electron chi connectivity index (χ4n) is 10.7. The SMILES string of the molecule is Brc1ccc(-c2cccc3oc4ccccc4c23)cc1.F.c1ccc(-c2nc(-c3ccccc3)nc(-c3cccc(-c4ccc5c(c4)c4ccccc4n5-c4ccc(-c5cccc6oc7ccccc7c56)cc4)c3)n2)cc1. The summed E-state index contributed by atoms with van der Waals surface area (Å²) in [6.07, 6.45) is 0. The van der Waals surface area contributed by atoms with Gasteiger partial charge < -0.3 is 13.4 Å². The second-order valence-corrected chi connectivity index (χ2v) is 19.7. The highest BCUT2D eigenvalue weighted by Gasteiger charge is 2.18. The first-order valence-electron chi connectivity index (χ1n) is 25.3. The summed E-state index contributed by atoms with van der Waals surface area (Å²) in [5.41, 5.74) is 16.9. The molecule has 0 saturated carbocycles. The largest absolute Gasteiger partial charge is 0.456 e. The lowest BCUT2D eigenvalue weighted by atomic mass is 9.99. The van der Waals surface area contributed by atoms with E-state index >= 15 is 0 Å². The molecule has 15 aromatic rings. The number of benzene rings is 11. The van der Waals surface area contributed by atoms with Gasteiger partial charge in [0, 0.05) is 59.2 Å². The molecule has 15 rings (SSSR count). The minimum absolute atomic E-state index is 0. The molecule has 0 aliphatic heterocycles. The van der Waals surface area contributed by atoms with E-state index in [1.54, 1.807) is 0 Å². The predicted octanol–water partition coefficient (Wildman–Crippen LogP) is 19.4.